The van der Waals surface area contributed by atoms with Crippen molar-refractivity contribution in [2.24, 2.45) is 0 Å². The Morgan fingerprint density at radius 1 is 0.788 bits per heavy atom. The first kappa shape index (κ1) is 20.9. The zero-order valence-corrected chi connectivity index (χ0v) is 17.8. The summed E-state index contributed by atoms with van der Waals surface area (Å²) in [4.78, 5) is 22.4. The first-order valence-corrected chi connectivity index (χ1v) is 10.9. The summed E-state index contributed by atoms with van der Waals surface area (Å²) in [5.74, 6) is 0.163. The fourth-order valence-electron chi connectivity index (χ4n) is 4.77. The Kier molecular flexibility index (Phi) is 5.19. The molecule has 0 aromatic heterocycles. The molecule has 0 radical (unpaired) electrons. The van der Waals surface area contributed by atoms with Gasteiger partial charge in [-0.2, -0.15) is 0 Å². The molecule has 164 valence electrons. The second-order valence-corrected chi connectivity index (χ2v) is 8.38. The van der Waals surface area contributed by atoms with Crippen molar-refractivity contribution in [1.29, 1.82) is 0 Å². The van der Waals surface area contributed by atoms with Crippen molar-refractivity contribution >= 4 is 33.1 Å². The lowest BCUT2D eigenvalue weighted by molar-refractivity contribution is 0.0994. The molecular weight excluding hydrogens is 416 g/mol. The van der Waals surface area contributed by atoms with Gasteiger partial charge in [-0.3, -0.25) is 9.59 Å². The first-order valence-electron chi connectivity index (χ1n) is 10.9. The highest BCUT2D eigenvalue weighted by molar-refractivity contribution is 6.22. The molecule has 0 amide bonds. The molecule has 4 aromatic rings. The highest BCUT2D eigenvalue weighted by atomic mass is 16.3. The van der Waals surface area contributed by atoms with Gasteiger partial charge >= 0.3 is 0 Å². The van der Waals surface area contributed by atoms with Crippen LogP contribution in [-0.4, -0.2) is 26.9 Å². The van der Waals surface area contributed by atoms with Gasteiger partial charge in [-0.1, -0.05) is 42.5 Å². The fourth-order valence-corrected chi connectivity index (χ4v) is 4.77. The van der Waals surface area contributed by atoms with E-state index in [9.17, 15) is 24.9 Å². The second kappa shape index (κ2) is 8.19. The van der Waals surface area contributed by atoms with Gasteiger partial charge < -0.3 is 15.3 Å². The number of phenols is 2. The predicted octanol–water partition coefficient (Wildman–Crippen LogP) is 5.40. The Bertz CT molecular complexity index is 1430. The molecule has 0 heterocycles. The Morgan fingerprint density at radius 2 is 1.45 bits per heavy atom. The molecule has 0 fully saturated rings. The molecule has 0 bridgehead atoms. The van der Waals surface area contributed by atoms with Crippen molar-refractivity contribution in [2.45, 2.75) is 25.4 Å². The van der Waals surface area contributed by atoms with Crippen molar-refractivity contribution in [3.05, 3.63) is 95.1 Å². The van der Waals surface area contributed by atoms with E-state index in [2.05, 4.69) is 0 Å². The third kappa shape index (κ3) is 3.66. The molecule has 1 atom stereocenters. The summed E-state index contributed by atoms with van der Waals surface area (Å²) in [5.41, 5.74) is 3.00. The van der Waals surface area contributed by atoms with E-state index in [1.807, 2.05) is 18.2 Å². The molecule has 4 aromatic carbocycles. The van der Waals surface area contributed by atoms with Gasteiger partial charge in [0, 0.05) is 16.5 Å². The first-order chi connectivity index (χ1) is 15.9. The Hall–Kier alpha value is -3.96. The van der Waals surface area contributed by atoms with Crippen molar-refractivity contribution in [2.75, 3.05) is 0 Å². The molecule has 2 aliphatic rings. The van der Waals surface area contributed by atoms with E-state index < -0.39 is 6.10 Å². The maximum Gasteiger partial charge on any atom is 0.186 e. The van der Waals surface area contributed by atoms with Crippen molar-refractivity contribution < 1.29 is 24.9 Å². The number of carbonyl (C=O) groups excluding carboxylic acids is 2. The van der Waals surface area contributed by atoms with Crippen LogP contribution in [0.3, 0.4) is 0 Å². The third-order valence-corrected chi connectivity index (χ3v) is 6.31. The van der Waals surface area contributed by atoms with Gasteiger partial charge in [0.15, 0.2) is 11.6 Å². The molecule has 5 heteroatoms. The summed E-state index contributed by atoms with van der Waals surface area (Å²) < 4.78 is 0. The normalized spacial score (nSPS) is 16.8. The number of aliphatic hydroxyl groups is 1. The number of ketones is 2. The van der Waals surface area contributed by atoms with Crippen LogP contribution in [0.5, 0.6) is 11.5 Å². The molecular formula is C28H22O5. The fraction of sp³-hybridized carbons (Fsp3) is 0.143. The quantitative estimate of drug-likeness (QED) is 0.320. The lowest BCUT2D eigenvalue weighted by atomic mass is 9.84. The molecule has 33 heavy (non-hydrogen) atoms. The molecule has 2 aliphatic carbocycles. The lowest BCUT2D eigenvalue weighted by Gasteiger charge is -2.24. The number of aliphatic hydroxyl groups excluding tert-OH is 1. The summed E-state index contributed by atoms with van der Waals surface area (Å²) in [7, 11) is 0. The number of rotatable bonds is 0. The van der Waals surface area contributed by atoms with Gasteiger partial charge in [0.2, 0.25) is 0 Å². The molecule has 0 aliphatic heterocycles. The molecule has 0 spiro atoms. The summed E-state index contributed by atoms with van der Waals surface area (Å²) in [5, 5.41) is 33.8. The number of aryl methyl sites for hydroxylation is 1. The van der Waals surface area contributed by atoms with E-state index in [-0.39, 0.29) is 23.1 Å². The number of fused-ring (bicyclic) bond motifs is 6. The summed E-state index contributed by atoms with van der Waals surface area (Å²) in [6.45, 7) is 0. The second-order valence-electron chi connectivity index (χ2n) is 8.38. The smallest absolute Gasteiger partial charge is 0.186 e. The van der Waals surface area contributed by atoms with E-state index in [1.165, 1.54) is 12.2 Å². The van der Waals surface area contributed by atoms with Crippen molar-refractivity contribution in [3.63, 3.8) is 0 Å². The van der Waals surface area contributed by atoms with Crippen LogP contribution in [0.4, 0.5) is 0 Å². The highest BCUT2D eigenvalue weighted by Crippen LogP contribution is 2.42. The van der Waals surface area contributed by atoms with Crippen LogP contribution in [0.15, 0.2) is 72.8 Å². The SMILES string of the molecule is O=C1C=CC(=O)c2ccccc21.Oc1ccc2c(c1)cc(O)c1c3c(ccc12)CCCC3O. The van der Waals surface area contributed by atoms with Gasteiger partial charge in [-0.25, -0.2) is 0 Å². The van der Waals surface area contributed by atoms with E-state index in [0.29, 0.717) is 11.1 Å². The minimum atomic E-state index is -0.516. The maximum atomic E-state index is 11.2. The van der Waals surface area contributed by atoms with E-state index >= 15 is 0 Å². The maximum absolute atomic E-state index is 11.2. The summed E-state index contributed by atoms with van der Waals surface area (Å²) in [6.07, 6.45) is 4.75. The monoisotopic (exact) mass is 438 g/mol. The number of benzene rings is 4. The molecule has 0 saturated carbocycles. The van der Waals surface area contributed by atoms with Crippen LogP contribution >= 0.6 is 0 Å². The van der Waals surface area contributed by atoms with Gasteiger partial charge in [-0.15, -0.1) is 0 Å². The topological polar surface area (TPSA) is 94.8 Å². The standard InChI is InChI=1S/C18H16O3.C10H6O2/c19-12-5-7-13-11(8-12)9-16(21)18-14(13)6-4-10-2-1-3-15(20)17(10)18;11-9-5-6-10(12)8-4-2-1-3-7(8)9/h4-9,15,19-21H,1-3H2;1-6H. The minimum Gasteiger partial charge on any atom is -0.508 e. The lowest BCUT2D eigenvalue weighted by Crippen LogP contribution is -2.10. The van der Waals surface area contributed by atoms with Crippen LogP contribution in [0, 0.1) is 0 Å². The van der Waals surface area contributed by atoms with Crippen molar-refractivity contribution in [1.82, 2.24) is 0 Å². The Labute approximate surface area is 190 Å². The minimum absolute atomic E-state index is 0.0924. The zero-order chi connectivity index (χ0) is 23.1. The van der Waals surface area contributed by atoms with Crippen LogP contribution in [-0.2, 0) is 6.42 Å². The third-order valence-electron chi connectivity index (χ3n) is 6.31. The van der Waals surface area contributed by atoms with Gasteiger partial charge in [0.05, 0.1) is 6.10 Å². The predicted molar refractivity (Wildman–Crippen MR) is 127 cm³/mol. The Balaban J connectivity index is 0.000000162. The average Bonchev–Trinajstić information content (AvgIpc) is 2.82. The van der Waals surface area contributed by atoms with Crippen LogP contribution in [0.1, 0.15) is 50.8 Å². The highest BCUT2D eigenvalue weighted by Gasteiger charge is 2.23. The van der Waals surface area contributed by atoms with Crippen molar-refractivity contribution in [3.8, 4) is 11.5 Å². The number of hydrogen-bond acceptors (Lipinski definition) is 5. The number of allylic oxidation sites excluding steroid dienone is 2. The molecule has 1 unspecified atom stereocenters. The van der Waals surface area contributed by atoms with Crippen LogP contribution in [0.25, 0.3) is 21.5 Å². The number of hydrogen-bond donors (Lipinski definition) is 3. The zero-order valence-electron chi connectivity index (χ0n) is 17.8. The van der Waals surface area contributed by atoms with Gasteiger partial charge in [0.25, 0.3) is 0 Å². The Morgan fingerprint density at radius 3 is 2.15 bits per heavy atom. The molecule has 0 saturated heterocycles. The number of phenolic OH excluding ortho intramolecular Hbond substituents is 2. The summed E-state index contributed by atoms with van der Waals surface area (Å²) >= 11 is 0. The van der Waals surface area contributed by atoms with E-state index in [0.717, 1.165) is 51.9 Å². The number of carbonyl (C=O) groups is 2. The van der Waals surface area contributed by atoms with Gasteiger partial charge in [0.1, 0.15) is 11.5 Å². The van der Waals surface area contributed by atoms with Gasteiger partial charge in [-0.05, 0) is 76.9 Å². The van der Waals surface area contributed by atoms with E-state index in [1.54, 1.807) is 42.5 Å². The number of aromatic hydroxyl groups is 2. The van der Waals surface area contributed by atoms with Crippen LogP contribution < -0.4 is 0 Å². The molecule has 5 nitrogen and oxygen atoms in total. The van der Waals surface area contributed by atoms with Crippen LogP contribution in [0.2, 0.25) is 0 Å². The molecule has 6 rings (SSSR count). The average molecular weight is 438 g/mol. The van der Waals surface area contributed by atoms with E-state index in [4.69, 9.17) is 0 Å². The summed E-state index contributed by atoms with van der Waals surface area (Å²) in [6, 6.07) is 17.7. The molecule has 3 N–H and O–H groups in total. The largest absolute Gasteiger partial charge is 0.508 e.